The molecule has 172 valence electrons. The molecule has 3 aromatic carbocycles. The third-order valence-electron chi connectivity index (χ3n) is 5.49. The van der Waals surface area contributed by atoms with Gasteiger partial charge < -0.3 is 0 Å². The van der Waals surface area contributed by atoms with Crippen LogP contribution < -0.4 is 4.72 Å². The predicted molar refractivity (Wildman–Crippen MR) is 130 cm³/mol. The number of nitrogens with zero attached hydrogens (tertiary/aromatic N) is 2. The van der Waals surface area contributed by atoms with Crippen molar-refractivity contribution in [1.82, 2.24) is 4.41 Å². The Balaban J connectivity index is 1.70. The van der Waals surface area contributed by atoms with Crippen LogP contribution in [0.3, 0.4) is 0 Å². The minimum absolute atomic E-state index is 0.0218. The van der Waals surface area contributed by atoms with Crippen molar-refractivity contribution in [3.8, 4) is 0 Å². The average molecular weight is 484 g/mol. The summed E-state index contributed by atoms with van der Waals surface area (Å²) in [5.74, 6) is -0.0218. The van der Waals surface area contributed by atoms with Gasteiger partial charge in [0.15, 0.2) is 0 Å². The molecule has 1 N–H and O–H groups in total. The van der Waals surface area contributed by atoms with E-state index < -0.39 is 26.1 Å². The fourth-order valence-corrected chi connectivity index (χ4v) is 5.68. The van der Waals surface area contributed by atoms with Crippen molar-refractivity contribution in [2.24, 2.45) is 5.10 Å². The van der Waals surface area contributed by atoms with Gasteiger partial charge in [-0.3, -0.25) is 4.72 Å². The molecule has 0 amide bonds. The Morgan fingerprint density at radius 2 is 1.55 bits per heavy atom. The van der Waals surface area contributed by atoms with Gasteiger partial charge in [0, 0.05) is 12.1 Å². The number of nitrogens with one attached hydrogen (secondary N) is 1. The lowest BCUT2D eigenvalue weighted by molar-refractivity contribution is 0.371. The predicted octanol–water partition coefficient (Wildman–Crippen LogP) is 4.30. The topological polar surface area (TPSA) is 95.9 Å². The summed E-state index contributed by atoms with van der Waals surface area (Å²) in [5.41, 5.74) is 3.61. The van der Waals surface area contributed by atoms with Crippen LogP contribution in [-0.4, -0.2) is 32.7 Å². The molecule has 0 unspecified atom stereocenters. The second kappa shape index (κ2) is 8.99. The number of anilines is 1. The largest absolute Gasteiger partial charge is 0.284 e. The molecule has 1 heterocycles. The van der Waals surface area contributed by atoms with Crippen molar-refractivity contribution >= 4 is 31.4 Å². The van der Waals surface area contributed by atoms with Crippen molar-refractivity contribution < 1.29 is 16.8 Å². The van der Waals surface area contributed by atoms with Gasteiger partial charge in [-0.1, -0.05) is 60.2 Å². The van der Waals surface area contributed by atoms with E-state index in [1.807, 2.05) is 37.3 Å². The first-order valence-electron chi connectivity index (χ1n) is 10.5. The van der Waals surface area contributed by atoms with E-state index in [1.54, 1.807) is 55.5 Å². The summed E-state index contributed by atoms with van der Waals surface area (Å²) in [7, 11) is -7.25. The smallest absolute Gasteiger partial charge is 0.279 e. The molecule has 0 fully saturated rings. The van der Waals surface area contributed by atoms with Crippen LogP contribution in [0.15, 0.2) is 88.9 Å². The summed E-state index contributed by atoms with van der Waals surface area (Å²) in [6.45, 7) is 3.47. The third-order valence-corrected chi connectivity index (χ3v) is 8.50. The molecule has 7 nitrogen and oxygen atoms in total. The Labute approximate surface area is 194 Å². The van der Waals surface area contributed by atoms with Gasteiger partial charge >= 0.3 is 0 Å². The quantitative estimate of drug-likeness (QED) is 0.542. The van der Waals surface area contributed by atoms with Gasteiger partial charge in [0.05, 0.1) is 22.4 Å². The fourth-order valence-electron chi connectivity index (χ4n) is 3.61. The second-order valence-corrected chi connectivity index (χ2v) is 11.7. The zero-order chi connectivity index (χ0) is 23.6. The normalized spacial score (nSPS) is 16.5. The summed E-state index contributed by atoms with van der Waals surface area (Å²) >= 11 is 0. The van der Waals surface area contributed by atoms with Gasteiger partial charge in [-0.25, -0.2) is 8.42 Å². The molecule has 33 heavy (non-hydrogen) atoms. The van der Waals surface area contributed by atoms with Crippen molar-refractivity contribution in [1.29, 1.82) is 0 Å². The molecule has 1 atom stereocenters. The lowest BCUT2D eigenvalue weighted by atomic mass is 9.99. The Morgan fingerprint density at radius 1 is 0.909 bits per heavy atom. The van der Waals surface area contributed by atoms with Gasteiger partial charge in [0.2, 0.25) is 10.0 Å². The van der Waals surface area contributed by atoms with E-state index in [-0.39, 0.29) is 10.6 Å². The lowest BCUT2D eigenvalue weighted by Crippen LogP contribution is -2.27. The monoisotopic (exact) mass is 483 g/mol. The van der Waals surface area contributed by atoms with Crippen molar-refractivity contribution in [3.05, 3.63) is 95.6 Å². The number of sulfonamides is 2. The first-order chi connectivity index (χ1) is 15.7. The Bertz CT molecular complexity index is 1370. The molecule has 0 saturated carbocycles. The number of benzene rings is 3. The zero-order valence-corrected chi connectivity index (χ0v) is 20.0. The third kappa shape index (κ3) is 4.94. The number of hydrogen-bond acceptors (Lipinski definition) is 5. The highest BCUT2D eigenvalue weighted by Gasteiger charge is 2.37. The van der Waals surface area contributed by atoms with Crippen LogP contribution in [0.25, 0.3) is 0 Å². The van der Waals surface area contributed by atoms with Crippen LogP contribution in [0.2, 0.25) is 0 Å². The molecule has 0 aromatic heterocycles. The minimum Gasteiger partial charge on any atom is -0.284 e. The lowest BCUT2D eigenvalue weighted by Gasteiger charge is -2.23. The highest BCUT2D eigenvalue weighted by Crippen LogP contribution is 2.37. The standard InChI is InChI=1S/C24H25N3O4S2/c1-3-32(28,29)26-21-13-11-19(12-14-21)23-17-24(20-7-5-4-6-8-20)27(25-23)33(30,31)22-15-9-18(2)10-16-22/h4-16,24,26H,3,17H2,1-2H3/t24-/m1/s1. The van der Waals surface area contributed by atoms with Crippen LogP contribution in [0.4, 0.5) is 5.69 Å². The number of aryl methyl sites for hydroxylation is 1. The molecule has 4 rings (SSSR count). The molecular formula is C24H25N3O4S2. The second-order valence-electron chi connectivity index (χ2n) is 7.85. The van der Waals surface area contributed by atoms with Gasteiger partial charge in [0.25, 0.3) is 10.0 Å². The summed E-state index contributed by atoms with van der Waals surface area (Å²) < 4.78 is 54.3. The average Bonchev–Trinajstić information content (AvgIpc) is 3.27. The highest BCUT2D eigenvalue weighted by atomic mass is 32.2. The zero-order valence-electron chi connectivity index (χ0n) is 18.3. The van der Waals surface area contributed by atoms with E-state index >= 15 is 0 Å². The van der Waals surface area contributed by atoms with Gasteiger partial charge in [-0.2, -0.15) is 17.9 Å². The van der Waals surface area contributed by atoms with Crippen LogP contribution in [0.1, 0.15) is 36.1 Å². The van der Waals surface area contributed by atoms with E-state index in [2.05, 4.69) is 9.82 Å². The van der Waals surface area contributed by atoms with E-state index in [0.29, 0.717) is 17.8 Å². The number of rotatable bonds is 7. The first-order valence-corrected chi connectivity index (χ1v) is 13.6. The van der Waals surface area contributed by atoms with E-state index in [9.17, 15) is 16.8 Å². The van der Waals surface area contributed by atoms with Gasteiger partial charge in [-0.15, -0.1) is 0 Å². The molecule has 3 aromatic rings. The highest BCUT2D eigenvalue weighted by molar-refractivity contribution is 7.92. The molecule has 0 saturated heterocycles. The summed E-state index contributed by atoms with van der Waals surface area (Å²) in [5, 5.41) is 4.53. The van der Waals surface area contributed by atoms with Gasteiger partial charge in [-0.05, 0) is 49.2 Å². The Kier molecular flexibility index (Phi) is 6.27. The van der Waals surface area contributed by atoms with E-state index in [1.165, 1.54) is 4.41 Å². The van der Waals surface area contributed by atoms with Crippen LogP contribution >= 0.6 is 0 Å². The molecule has 0 radical (unpaired) electrons. The van der Waals surface area contributed by atoms with Crippen LogP contribution in [-0.2, 0) is 20.0 Å². The van der Waals surface area contributed by atoms with E-state index in [0.717, 1.165) is 16.7 Å². The maximum atomic E-state index is 13.5. The Morgan fingerprint density at radius 3 is 2.15 bits per heavy atom. The molecule has 0 bridgehead atoms. The SMILES string of the molecule is CCS(=O)(=O)Nc1ccc(C2=NN(S(=O)(=O)c3ccc(C)cc3)[C@@H](c3ccccc3)C2)cc1. The van der Waals surface area contributed by atoms with Crippen molar-refractivity contribution in [2.75, 3.05) is 10.5 Å². The minimum atomic E-state index is -3.88. The van der Waals surface area contributed by atoms with Crippen molar-refractivity contribution in [3.63, 3.8) is 0 Å². The first kappa shape index (κ1) is 23.0. The number of hydrogen-bond donors (Lipinski definition) is 1. The maximum absolute atomic E-state index is 13.5. The summed E-state index contributed by atoms with van der Waals surface area (Å²) in [4.78, 5) is 0.184. The van der Waals surface area contributed by atoms with Crippen molar-refractivity contribution in [2.45, 2.75) is 31.2 Å². The molecular weight excluding hydrogens is 458 g/mol. The number of hydrazone groups is 1. The molecule has 1 aliphatic rings. The maximum Gasteiger partial charge on any atom is 0.279 e. The Hall–Kier alpha value is -3.17. The molecule has 0 aliphatic carbocycles. The van der Waals surface area contributed by atoms with Crippen LogP contribution in [0, 0.1) is 6.92 Å². The fraction of sp³-hybridized carbons (Fsp3) is 0.208. The summed E-state index contributed by atoms with van der Waals surface area (Å²) in [6, 6.07) is 22.4. The summed E-state index contributed by atoms with van der Waals surface area (Å²) in [6.07, 6.45) is 0.398. The van der Waals surface area contributed by atoms with E-state index in [4.69, 9.17) is 0 Å². The molecule has 0 spiro atoms. The molecule has 9 heteroatoms. The molecule has 1 aliphatic heterocycles. The van der Waals surface area contributed by atoms with Crippen LogP contribution in [0.5, 0.6) is 0 Å². The van der Waals surface area contributed by atoms with Gasteiger partial charge in [0.1, 0.15) is 0 Å².